The van der Waals surface area contributed by atoms with Crippen LogP contribution in [0.3, 0.4) is 0 Å². The highest BCUT2D eigenvalue weighted by molar-refractivity contribution is 7.80. The van der Waals surface area contributed by atoms with Gasteiger partial charge in [-0.05, 0) is 43.3 Å². The molecule has 1 aromatic carbocycles. The van der Waals surface area contributed by atoms with Gasteiger partial charge in [0.2, 0.25) is 0 Å². The number of benzene rings is 1. The Morgan fingerprint density at radius 3 is 2.47 bits per heavy atom. The first-order valence-electron chi connectivity index (χ1n) is 6.24. The topological polar surface area (TPSA) is 71.6 Å². The number of nitriles is 2. The third-order valence-electron chi connectivity index (χ3n) is 3.21. The number of hydrogen-bond acceptors (Lipinski definition) is 3. The molecular weight excluding hydrogens is 256 g/mol. The van der Waals surface area contributed by atoms with E-state index in [0.29, 0.717) is 22.3 Å². The van der Waals surface area contributed by atoms with E-state index in [2.05, 4.69) is 10.6 Å². The molecule has 19 heavy (non-hydrogen) atoms. The number of rotatable bonds is 2. The van der Waals surface area contributed by atoms with Crippen molar-refractivity contribution in [2.45, 2.75) is 31.7 Å². The van der Waals surface area contributed by atoms with Gasteiger partial charge in [-0.2, -0.15) is 10.5 Å². The van der Waals surface area contributed by atoms with Gasteiger partial charge >= 0.3 is 0 Å². The third-order valence-corrected chi connectivity index (χ3v) is 3.43. The molecule has 2 N–H and O–H groups in total. The first-order valence-corrected chi connectivity index (χ1v) is 6.65. The van der Waals surface area contributed by atoms with Gasteiger partial charge in [-0.1, -0.05) is 12.8 Å². The van der Waals surface area contributed by atoms with E-state index in [0.717, 1.165) is 18.5 Å². The second-order valence-corrected chi connectivity index (χ2v) is 4.97. The summed E-state index contributed by atoms with van der Waals surface area (Å²) in [4.78, 5) is 0. The molecule has 4 nitrogen and oxygen atoms in total. The van der Waals surface area contributed by atoms with Crippen LogP contribution >= 0.6 is 12.2 Å². The van der Waals surface area contributed by atoms with Gasteiger partial charge in [0, 0.05) is 11.7 Å². The second kappa shape index (κ2) is 6.17. The van der Waals surface area contributed by atoms with E-state index in [1.807, 2.05) is 12.1 Å². The summed E-state index contributed by atoms with van der Waals surface area (Å²) >= 11 is 5.24. The number of nitrogens with zero attached hydrogens (tertiary/aromatic N) is 2. The van der Waals surface area contributed by atoms with Crippen LogP contribution in [0.5, 0.6) is 0 Å². The Morgan fingerprint density at radius 1 is 1.16 bits per heavy atom. The standard InChI is InChI=1S/C14H14N4S/c15-8-10-5-6-13(7-11(10)9-16)18-14(19)17-12-3-1-2-4-12/h5-7,12H,1-4H2,(H2,17,18,19). The van der Waals surface area contributed by atoms with E-state index < -0.39 is 0 Å². The number of hydrogen-bond donors (Lipinski definition) is 2. The molecule has 0 unspecified atom stereocenters. The maximum Gasteiger partial charge on any atom is 0.170 e. The van der Waals surface area contributed by atoms with Gasteiger partial charge < -0.3 is 10.6 Å². The molecule has 0 aliphatic heterocycles. The van der Waals surface area contributed by atoms with Gasteiger partial charge in [0.1, 0.15) is 12.1 Å². The van der Waals surface area contributed by atoms with Crippen LogP contribution in [0.25, 0.3) is 0 Å². The van der Waals surface area contributed by atoms with E-state index in [1.165, 1.54) is 12.8 Å². The minimum atomic E-state index is 0.358. The van der Waals surface area contributed by atoms with Crippen LogP contribution in [0.2, 0.25) is 0 Å². The summed E-state index contributed by atoms with van der Waals surface area (Å²) < 4.78 is 0. The molecule has 0 amide bonds. The summed E-state index contributed by atoms with van der Waals surface area (Å²) in [6, 6.07) is 9.46. The van der Waals surface area contributed by atoms with Crippen molar-refractivity contribution in [3.8, 4) is 12.1 Å². The van der Waals surface area contributed by atoms with Crippen molar-refractivity contribution < 1.29 is 0 Å². The van der Waals surface area contributed by atoms with Crippen molar-refractivity contribution in [1.29, 1.82) is 10.5 Å². The molecule has 96 valence electrons. The highest BCUT2D eigenvalue weighted by Crippen LogP contribution is 2.18. The molecule has 2 rings (SSSR count). The van der Waals surface area contributed by atoms with Crippen LogP contribution < -0.4 is 10.6 Å². The van der Waals surface area contributed by atoms with Crippen LogP contribution in [0, 0.1) is 22.7 Å². The fraction of sp³-hybridized carbons (Fsp3) is 0.357. The monoisotopic (exact) mass is 270 g/mol. The average Bonchev–Trinajstić information content (AvgIpc) is 2.91. The van der Waals surface area contributed by atoms with Crippen molar-refractivity contribution in [2.24, 2.45) is 0 Å². The molecule has 0 atom stereocenters. The minimum absolute atomic E-state index is 0.358. The molecule has 1 aliphatic carbocycles. The summed E-state index contributed by atoms with van der Waals surface area (Å²) in [7, 11) is 0. The van der Waals surface area contributed by atoms with Crippen LogP contribution in [-0.2, 0) is 0 Å². The van der Waals surface area contributed by atoms with Crippen molar-refractivity contribution in [3.63, 3.8) is 0 Å². The van der Waals surface area contributed by atoms with Gasteiger partial charge in [0.15, 0.2) is 5.11 Å². The lowest BCUT2D eigenvalue weighted by atomic mass is 10.1. The van der Waals surface area contributed by atoms with Gasteiger partial charge in [0.25, 0.3) is 0 Å². The highest BCUT2D eigenvalue weighted by Gasteiger charge is 2.15. The summed E-state index contributed by atoms with van der Waals surface area (Å²) in [5.41, 5.74) is 1.46. The number of anilines is 1. The van der Waals surface area contributed by atoms with Gasteiger partial charge in [-0.3, -0.25) is 0 Å². The molecular formula is C14H14N4S. The summed E-state index contributed by atoms with van der Waals surface area (Å²) in [6.45, 7) is 0. The zero-order valence-electron chi connectivity index (χ0n) is 10.4. The first kappa shape index (κ1) is 13.3. The SMILES string of the molecule is N#Cc1ccc(NC(=S)NC2CCCC2)cc1C#N. The molecule has 0 saturated heterocycles. The quantitative estimate of drug-likeness (QED) is 0.808. The Kier molecular flexibility index (Phi) is 4.33. The molecule has 1 saturated carbocycles. The Morgan fingerprint density at radius 2 is 1.84 bits per heavy atom. The van der Waals surface area contributed by atoms with Crippen LogP contribution in [0.15, 0.2) is 18.2 Å². The molecule has 0 heterocycles. The van der Waals surface area contributed by atoms with E-state index in [9.17, 15) is 0 Å². The van der Waals surface area contributed by atoms with Crippen molar-refractivity contribution >= 4 is 23.0 Å². The molecule has 0 aromatic heterocycles. The van der Waals surface area contributed by atoms with Crippen molar-refractivity contribution in [3.05, 3.63) is 29.3 Å². The Labute approximate surface area is 118 Å². The fourth-order valence-corrected chi connectivity index (χ4v) is 2.52. The van der Waals surface area contributed by atoms with Crippen LogP contribution in [0.4, 0.5) is 5.69 Å². The van der Waals surface area contributed by atoms with Gasteiger partial charge in [-0.15, -0.1) is 0 Å². The number of nitrogens with one attached hydrogen (secondary N) is 2. The maximum absolute atomic E-state index is 8.96. The molecule has 0 radical (unpaired) electrons. The normalized spacial score (nSPS) is 14.4. The maximum atomic E-state index is 8.96. The zero-order chi connectivity index (χ0) is 13.7. The zero-order valence-corrected chi connectivity index (χ0v) is 11.3. The van der Waals surface area contributed by atoms with E-state index in [1.54, 1.807) is 18.2 Å². The molecule has 1 aromatic rings. The largest absolute Gasteiger partial charge is 0.360 e. The van der Waals surface area contributed by atoms with Crippen LogP contribution in [-0.4, -0.2) is 11.2 Å². The van der Waals surface area contributed by atoms with Gasteiger partial charge in [-0.25, -0.2) is 0 Å². The Balaban J connectivity index is 2.01. The summed E-state index contributed by atoms with van der Waals surface area (Å²) in [5, 5.41) is 24.7. The lowest BCUT2D eigenvalue weighted by molar-refractivity contribution is 0.634. The predicted octanol–water partition coefficient (Wildman–Crippen LogP) is 2.66. The molecule has 1 fully saturated rings. The summed E-state index contributed by atoms with van der Waals surface area (Å²) in [6.07, 6.45) is 4.79. The highest BCUT2D eigenvalue weighted by atomic mass is 32.1. The molecule has 5 heteroatoms. The summed E-state index contributed by atoms with van der Waals surface area (Å²) in [5.74, 6) is 0. The molecule has 0 bridgehead atoms. The predicted molar refractivity (Wildman–Crippen MR) is 77.5 cm³/mol. The van der Waals surface area contributed by atoms with Crippen molar-refractivity contribution in [1.82, 2.24) is 5.32 Å². The lowest BCUT2D eigenvalue weighted by Crippen LogP contribution is -2.35. The lowest BCUT2D eigenvalue weighted by Gasteiger charge is -2.15. The molecule has 0 spiro atoms. The number of thiocarbonyl (C=S) groups is 1. The third kappa shape index (κ3) is 3.43. The van der Waals surface area contributed by atoms with E-state index >= 15 is 0 Å². The smallest absolute Gasteiger partial charge is 0.170 e. The minimum Gasteiger partial charge on any atom is -0.360 e. The average molecular weight is 270 g/mol. The first-order chi connectivity index (χ1) is 9.22. The van der Waals surface area contributed by atoms with E-state index in [4.69, 9.17) is 22.7 Å². The Hall–Kier alpha value is -2.11. The second-order valence-electron chi connectivity index (χ2n) is 4.56. The fourth-order valence-electron chi connectivity index (χ4n) is 2.23. The van der Waals surface area contributed by atoms with Crippen molar-refractivity contribution in [2.75, 3.05) is 5.32 Å². The Bertz CT molecular complexity index is 562. The van der Waals surface area contributed by atoms with Gasteiger partial charge in [0.05, 0.1) is 11.1 Å². The van der Waals surface area contributed by atoms with Crippen LogP contribution in [0.1, 0.15) is 36.8 Å². The van der Waals surface area contributed by atoms with E-state index in [-0.39, 0.29) is 0 Å². The molecule has 1 aliphatic rings.